The first-order chi connectivity index (χ1) is 14.7. The fourth-order valence-electron chi connectivity index (χ4n) is 2.67. The van der Waals surface area contributed by atoms with Crippen molar-refractivity contribution in [1.29, 1.82) is 0 Å². The van der Waals surface area contributed by atoms with Crippen LogP contribution in [0.2, 0.25) is 5.02 Å². The lowest BCUT2D eigenvalue weighted by molar-refractivity contribution is -0.386. The Morgan fingerprint density at radius 3 is 2.58 bits per heavy atom. The number of phenolic OH excluding ortho intramolecular Hbond substituents is 1. The minimum absolute atomic E-state index is 0.111. The van der Waals surface area contributed by atoms with Crippen LogP contribution in [0.4, 0.5) is 5.69 Å². The van der Waals surface area contributed by atoms with Gasteiger partial charge in [-0.2, -0.15) is 0 Å². The van der Waals surface area contributed by atoms with Gasteiger partial charge in [0.25, 0.3) is 0 Å². The first-order valence-corrected chi connectivity index (χ1v) is 11.0. The lowest BCUT2D eigenvalue weighted by Gasteiger charge is -2.08. The molecule has 160 valence electrons. The molecule has 0 bridgehead atoms. The second kappa shape index (κ2) is 9.66. The molecule has 0 spiro atoms. The summed E-state index contributed by atoms with van der Waals surface area (Å²) in [4.78, 5) is 22.2. The molecule has 2 aromatic carbocycles. The van der Waals surface area contributed by atoms with Crippen LogP contribution in [0.15, 0.2) is 46.5 Å². The van der Waals surface area contributed by atoms with Gasteiger partial charge in [0.15, 0.2) is 11.0 Å². The first-order valence-electron chi connectivity index (χ1n) is 8.70. The standard InChI is InChI=1S/C19H14ClIN4O5S/c1-2-24-17(11-3-5-12(20)6-4-11)22-23-19(24)31-15(18(27)28)9-10-7-13(21)16(26)14(8-10)25(29)30/h3-9,26H,2H2,1H3,(H,27,28)/b15-9-. The number of carboxylic acid groups (broad SMARTS) is 1. The largest absolute Gasteiger partial charge is 0.501 e. The van der Waals surface area contributed by atoms with Gasteiger partial charge in [0, 0.05) is 23.2 Å². The molecule has 0 aliphatic carbocycles. The van der Waals surface area contributed by atoms with Gasteiger partial charge in [0.05, 0.1) is 8.49 Å². The fourth-order valence-corrected chi connectivity index (χ4v) is 4.32. The third-order valence-corrected chi connectivity index (χ3v) is 6.18. The van der Waals surface area contributed by atoms with Crippen LogP contribution < -0.4 is 0 Å². The number of nitrogens with zero attached hydrogens (tertiary/aromatic N) is 4. The second-order valence-electron chi connectivity index (χ2n) is 6.10. The molecule has 0 aliphatic rings. The van der Waals surface area contributed by atoms with Crippen LogP contribution in [-0.4, -0.2) is 35.9 Å². The number of nitro benzene ring substituents is 1. The number of carbonyl (C=O) groups is 1. The predicted octanol–water partition coefficient (Wildman–Crippen LogP) is 5.05. The Labute approximate surface area is 199 Å². The van der Waals surface area contributed by atoms with Crippen molar-refractivity contribution >= 4 is 63.7 Å². The third kappa shape index (κ3) is 5.17. The summed E-state index contributed by atoms with van der Waals surface area (Å²) in [5.41, 5.74) is 0.532. The van der Waals surface area contributed by atoms with E-state index in [1.807, 2.05) is 6.92 Å². The Kier molecular flexibility index (Phi) is 7.18. The minimum atomic E-state index is -1.23. The molecule has 0 aliphatic heterocycles. The minimum Gasteiger partial charge on any atom is -0.501 e. The van der Waals surface area contributed by atoms with Gasteiger partial charge in [-0.1, -0.05) is 11.6 Å². The molecular formula is C19H14ClIN4O5S. The number of rotatable bonds is 7. The molecular weight excluding hydrogens is 559 g/mol. The zero-order valence-corrected chi connectivity index (χ0v) is 19.6. The van der Waals surface area contributed by atoms with Crippen LogP contribution in [-0.2, 0) is 11.3 Å². The van der Waals surface area contributed by atoms with Crippen molar-refractivity contribution in [1.82, 2.24) is 14.8 Å². The van der Waals surface area contributed by atoms with E-state index in [1.54, 1.807) is 51.4 Å². The van der Waals surface area contributed by atoms with E-state index in [0.29, 0.717) is 22.5 Å². The van der Waals surface area contributed by atoms with Gasteiger partial charge >= 0.3 is 11.7 Å². The summed E-state index contributed by atoms with van der Waals surface area (Å²) < 4.78 is 1.99. The molecule has 1 aromatic heterocycles. The Balaban J connectivity index is 2.01. The molecule has 31 heavy (non-hydrogen) atoms. The Hall–Kier alpha value is -2.64. The molecule has 0 unspecified atom stereocenters. The van der Waals surface area contributed by atoms with E-state index in [-0.39, 0.29) is 14.0 Å². The SMILES string of the molecule is CCn1c(S/C(=C\c2cc(I)c(O)c([N+](=O)[O-])c2)C(=O)O)nnc1-c1ccc(Cl)cc1. The van der Waals surface area contributed by atoms with Crippen LogP contribution in [0.25, 0.3) is 17.5 Å². The Bertz CT molecular complexity index is 1200. The monoisotopic (exact) mass is 572 g/mol. The highest BCUT2D eigenvalue weighted by atomic mass is 127. The normalized spacial score (nSPS) is 11.5. The number of hydrogen-bond acceptors (Lipinski definition) is 7. The summed E-state index contributed by atoms with van der Waals surface area (Å²) in [6.45, 7) is 2.37. The van der Waals surface area contributed by atoms with Crippen molar-refractivity contribution in [2.24, 2.45) is 0 Å². The molecule has 3 rings (SSSR count). The maximum atomic E-state index is 11.8. The molecule has 2 N–H and O–H groups in total. The molecule has 12 heteroatoms. The third-order valence-electron chi connectivity index (χ3n) is 4.11. The number of phenols is 1. The van der Waals surface area contributed by atoms with Gasteiger partial charge in [0.1, 0.15) is 4.91 Å². The van der Waals surface area contributed by atoms with Crippen LogP contribution >= 0.6 is 46.0 Å². The Morgan fingerprint density at radius 2 is 2.00 bits per heavy atom. The smallest absolute Gasteiger partial charge is 0.342 e. The number of hydrogen-bond donors (Lipinski definition) is 2. The number of thioether (sulfide) groups is 1. The van der Waals surface area contributed by atoms with E-state index in [2.05, 4.69) is 10.2 Å². The molecule has 0 amide bonds. The highest BCUT2D eigenvalue weighted by Crippen LogP contribution is 2.35. The summed E-state index contributed by atoms with van der Waals surface area (Å²) in [5.74, 6) is -1.14. The zero-order valence-electron chi connectivity index (χ0n) is 15.8. The molecule has 1 heterocycles. The summed E-state index contributed by atoms with van der Waals surface area (Å²) >= 11 is 8.55. The van der Waals surface area contributed by atoms with E-state index >= 15 is 0 Å². The second-order valence-corrected chi connectivity index (χ2v) is 8.71. The van der Waals surface area contributed by atoms with Crippen molar-refractivity contribution in [3.05, 3.63) is 65.6 Å². The van der Waals surface area contributed by atoms with Gasteiger partial charge in [-0.15, -0.1) is 10.2 Å². The molecule has 0 fully saturated rings. The number of nitro groups is 1. The molecule has 0 atom stereocenters. The number of carboxylic acids is 1. The van der Waals surface area contributed by atoms with Gasteiger partial charge in [-0.3, -0.25) is 10.1 Å². The van der Waals surface area contributed by atoms with Crippen molar-refractivity contribution in [2.45, 2.75) is 18.6 Å². The van der Waals surface area contributed by atoms with Crippen molar-refractivity contribution in [2.75, 3.05) is 0 Å². The number of aliphatic carboxylic acids is 1. The quantitative estimate of drug-likeness (QED) is 0.132. The van der Waals surface area contributed by atoms with Crippen LogP contribution in [0.1, 0.15) is 12.5 Å². The lowest BCUT2D eigenvalue weighted by atomic mass is 10.1. The van der Waals surface area contributed by atoms with E-state index in [4.69, 9.17) is 11.6 Å². The maximum Gasteiger partial charge on any atom is 0.342 e. The Morgan fingerprint density at radius 1 is 1.32 bits per heavy atom. The van der Waals surface area contributed by atoms with Crippen LogP contribution in [0.5, 0.6) is 5.75 Å². The van der Waals surface area contributed by atoms with Crippen LogP contribution in [0, 0.1) is 13.7 Å². The number of benzene rings is 2. The van der Waals surface area contributed by atoms with Crippen molar-refractivity contribution in [3.63, 3.8) is 0 Å². The molecule has 9 nitrogen and oxygen atoms in total. The van der Waals surface area contributed by atoms with E-state index in [1.165, 1.54) is 12.1 Å². The highest BCUT2D eigenvalue weighted by Gasteiger charge is 2.21. The zero-order chi connectivity index (χ0) is 22.7. The van der Waals surface area contributed by atoms with Gasteiger partial charge in [0.2, 0.25) is 5.75 Å². The van der Waals surface area contributed by atoms with Gasteiger partial charge in [-0.25, -0.2) is 4.79 Å². The van der Waals surface area contributed by atoms with Gasteiger partial charge in [-0.05, 0) is 83.2 Å². The molecule has 3 aromatic rings. The topological polar surface area (TPSA) is 131 Å². The van der Waals surface area contributed by atoms with Crippen molar-refractivity contribution < 1.29 is 19.9 Å². The molecule has 0 saturated carbocycles. The number of halogens is 2. The van der Waals surface area contributed by atoms with Crippen LogP contribution in [0.3, 0.4) is 0 Å². The number of aromatic nitrogens is 3. The van der Waals surface area contributed by atoms with Crippen molar-refractivity contribution in [3.8, 4) is 17.1 Å². The summed E-state index contributed by atoms with van der Waals surface area (Å²) in [7, 11) is 0. The summed E-state index contributed by atoms with van der Waals surface area (Å²) in [6.07, 6.45) is 1.29. The first kappa shape index (κ1) is 23.0. The maximum absolute atomic E-state index is 11.8. The van der Waals surface area contributed by atoms with E-state index in [0.717, 1.165) is 23.4 Å². The fraction of sp³-hybridized carbons (Fsp3) is 0.105. The molecule has 0 radical (unpaired) electrons. The number of aromatic hydroxyl groups is 1. The average Bonchev–Trinajstić information content (AvgIpc) is 3.12. The lowest BCUT2D eigenvalue weighted by Crippen LogP contribution is -2.03. The van der Waals surface area contributed by atoms with Gasteiger partial charge < -0.3 is 14.8 Å². The highest BCUT2D eigenvalue weighted by molar-refractivity contribution is 14.1. The van der Waals surface area contributed by atoms with E-state index in [9.17, 15) is 25.1 Å². The van der Waals surface area contributed by atoms with E-state index < -0.39 is 22.3 Å². The average molecular weight is 573 g/mol. The predicted molar refractivity (Wildman–Crippen MR) is 125 cm³/mol. The summed E-state index contributed by atoms with van der Waals surface area (Å²) in [6, 6.07) is 9.60. The molecule has 0 saturated heterocycles. The summed E-state index contributed by atoms with van der Waals surface area (Å²) in [5, 5.41) is 39.9.